The number of alkyl halides is 1. The van der Waals surface area contributed by atoms with Crippen LogP contribution < -0.4 is 0 Å². The fourth-order valence-corrected chi connectivity index (χ4v) is 4.51. The molecule has 1 N–H and O–H groups in total. The second kappa shape index (κ2) is 7.28. The number of carbonyl (C=O) groups is 2. The van der Waals surface area contributed by atoms with Crippen molar-refractivity contribution in [1.29, 1.82) is 0 Å². The van der Waals surface area contributed by atoms with Crippen molar-refractivity contribution in [1.82, 2.24) is 0 Å². The van der Waals surface area contributed by atoms with Crippen molar-refractivity contribution < 1.29 is 39.6 Å². The van der Waals surface area contributed by atoms with Gasteiger partial charge in [-0.3, -0.25) is 22.7 Å². The van der Waals surface area contributed by atoms with Gasteiger partial charge >= 0.3 is 0 Å². The molecule has 25 heavy (non-hydrogen) atoms. The van der Waals surface area contributed by atoms with Crippen LogP contribution in [0.1, 0.15) is 33.6 Å². The van der Waals surface area contributed by atoms with Crippen molar-refractivity contribution in [2.24, 2.45) is 0 Å². The Balaban J connectivity index is 2.25. The number of carbonyl (C=O) groups excluding carboxylic acids is 2. The number of benzene rings is 1. The van der Waals surface area contributed by atoms with Gasteiger partial charge in [-0.15, -0.1) is 0 Å². The van der Waals surface area contributed by atoms with E-state index in [9.17, 15) is 30.8 Å². The van der Waals surface area contributed by atoms with Gasteiger partial charge in [-0.25, -0.2) is 0 Å². The number of ketones is 2. The van der Waals surface area contributed by atoms with Crippen LogP contribution in [0.3, 0.4) is 0 Å². The summed E-state index contributed by atoms with van der Waals surface area (Å²) in [6.07, 6.45) is -0.681. The van der Waals surface area contributed by atoms with Crippen LogP contribution >= 0.6 is 0 Å². The maximum atomic E-state index is 12.4. The predicted octanol–water partition coefficient (Wildman–Crippen LogP) is 0.787. The summed E-state index contributed by atoms with van der Waals surface area (Å²) in [5.41, 5.74) is -0.150. The molecule has 2 rings (SSSR count). The molecular formula is C14H15FO8S2. The van der Waals surface area contributed by atoms with E-state index in [0.29, 0.717) is 0 Å². The fraction of sp³-hybridized carbons (Fsp3) is 0.429. The van der Waals surface area contributed by atoms with E-state index >= 15 is 0 Å². The van der Waals surface area contributed by atoms with Gasteiger partial charge in [-0.05, 0) is 6.42 Å². The van der Waals surface area contributed by atoms with Crippen molar-refractivity contribution >= 4 is 31.8 Å². The first-order valence-electron chi connectivity index (χ1n) is 7.17. The van der Waals surface area contributed by atoms with Crippen LogP contribution in [0.15, 0.2) is 24.3 Å². The van der Waals surface area contributed by atoms with Crippen molar-refractivity contribution in [3.63, 3.8) is 0 Å². The molecule has 0 radical (unpaired) electrons. The monoisotopic (exact) mass is 394 g/mol. The molecule has 8 nitrogen and oxygen atoms in total. The van der Waals surface area contributed by atoms with Gasteiger partial charge in [0, 0.05) is 17.5 Å². The van der Waals surface area contributed by atoms with Crippen LogP contribution in [0.5, 0.6) is 0 Å². The van der Waals surface area contributed by atoms with Gasteiger partial charge < -0.3 is 0 Å². The lowest BCUT2D eigenvalue weighted by atomic mass is 10.0. The third-order valence-corrected chi connectivity index (χ3v) is 6.56. The van der Waals surface area contributed by atoms with Crippen LogP contribution in [-0.2, 0) is 24.4 Å². The summed E-state index contributed by atoms with van der Waals surface area (Å²) in [7, 11) is -8.75. The Labute approximate surface area is 143 Å². The summed E-state index contributed by atoms with van der Waals surface area (Å²) in [6.45, 7) is -1.21. The molecule has 1 saturated heterocycles. The van der Waals surface area contributed by atoms with Crippen molar-refractivity contribution in [3.8, 4) is 0 Å². The predicted molar refractivity (Wildman–Crippen MR) is 84.3 cm³/mol. The number of Topliss-reactive ketones (excluding diaryl/α,β-unsaturated/α-hetero) is 2. The van der Waals surface area contributed by atoms with E-state index in [1.807, 2.05) is 0 Å². The Kier molecular flexibility index (Phi) is 5.72. The molecule has 1 aromatic rings. The number of hydrogen-bond acceptors (Lipinski definition) is 7. The van der Waals surface area contributed by atoms with Crippen LogP contribution in [0.2, 0.25) is 0 Å². The third-order valence-electron chi connectivity index (χ3n) is 3.75. The van der Waals surface area contributed by atoms with Crippen molar-refractivity contribution in [2.75, 3.05) is 13.3 Å². The maximum Gasteiger partial charge on any atom is 0.277 e. The van der Waals surface area contributed by atoms with Gasteiger partial charge in [0.15, 0.2) is 22.1 Å². The van der Waals surface area contributed by atoms with E-state index in [1.165, 1.54) is 12.1 Å². The molecule has 0 bridgehead atoms. The Morgan fingerprint density at radius 1 is 1.24 bits per heavy atom. The zero-order valence-corrected chi connectivity index (χ0v) is 14.4. The van der Waals surface area contributed by atoms with E-state index < -0.39 is 55.4 Å². The SMILES string of the molecule is O=C(c1ccc(C(=O)C2CCOS2(=O)=O)cc1)C(CCF)S(=O)(=O)O. The second-order valence-corrected chi connectivity index (χ2v) is 8.77. The molecule has 138 valence electrons. The normalized spacial score (nSPS) is 21.0. The molecule has 0 aliphatic carbocycles. The van der Waals surface area contributed by atoms with Crippen LogP contribution in [0.25, 0.3) is 0 Å². The van der Waals surface area contributed by atoms with Crippen molar-refractivity contribution in [3.05, 3.63) is 35.4 Å². The number of hydrogen-bond donors (Lipinski definition) is 1. The highest BCUT2D eigenvalue weighted by atomic mass is 32.2. The van der Waals surface area contributed by atoms with Crippen LogP contribution in [0, 0.1) is 0 Å². The van der Waals surface area contributed by atoms with Gasteiger partial charge in [0.2, 0.25) is 0 Å². The first-order chi connectivity index (χ1) is 11.6. The molecule has 1 fully saturated rings. The summed E-state index contributed by atoms with van der Waals surface area (Å²) < 4.78 is 71.6. The summed E-state index contributed by atoms with van der Waals surface area (Å²) in [5, 5.41) is -3.27. The molecule has 0 spiro atoms. The molecular weight excluding hydrogens is 379 g/mol. The average Bonchev–Trinajstić information content (AvgIpc) is 2.89. The molecule has 11 heteroatoms. The van der Waals surface area contributed by atoms with E-state index in [1.54, 1.807) is 0 Å². The van der Waals surface area contributed by atoms with E-state index in [2.05, 4.69) is 4.18 Å². The van der Waals surface area contributed by atoms with Gasteiger partial charge in [0.05, 0.1) is 13.3 Å². The molecule has 1 aliphatic rings. The van der Waals surface area contributed by atoms with Crippen LogP contribution in [0.4, 0.5) is 4.39 Å². The molecule has 2 atom stereocenters. The lowest BCUT2D eigenvalue weighted by molar-refractivity contribution is 0.0970. The average molecular weight is 394 g/mol. The standard InChI is InChI=1S/C14H15FO8S2/c15-7-5-11(24(18,19)20)13(16)9-1-3-10(4-2-9)14(17)12-6-8-23-25(12,21)22/h1-4,11-12H,5-8H2,(H,18,19,20). The van der Waals surface area contributed by atoms with Crippen LogP contribution in [-0.4, -0.2) is 56.7 Å². The zero-order chi connectivity index (χ0) is 18.8. The third kappa shape index (κ3) is 4.29. The molecule has 2 unspecified atom stereocenters. The summed E-state index contributed by atoms with van der Waals surface area (Å²) >= 11 is 0. The van der Waals surface area contributed by atoms with Gasteiger partial charge in [0.1, 0.15) is 0 Å². The summed E-state index contributed by atoms with van der Waals surface area (Å²) in [5.74, 6) is -1.72. The molecule has 1 heterocycles. The lowest BCUT2D eigenvalue weighted by Crippen LogP contribution is -2.30. The Bertz CT molecular complexity index is 874. The molecule has 0 aromatic heterocycles. The summed E-state index contributed by atoms with van der Waals surface area (Å²) in [6, 6.07) is 4.57. The minimum atomic E-state index is -4.78. The van der Waals surface area contributed by atoms with Crippen molar-refractivity contribution in [2.45, 2.75) is 23.3 Å². The first kappa shape index (κ1) is 19.6. The highest BCUT2D eigenvalue weighted by molar-refractivity contribution is 7.88. The Morgan fingerprint density at radius 2 is 1.80 bits per heavy atom. The highest BCUT2D eigenvalue weighted by Gasteiger charge is 2.39. The largest absolute Gasteiger partial charge is 0.293 e. The first-order valence-corrected chi connectivity index (χ1v) is 10.1. The summed E-state index contributed by atoms with van der Waals surface area (Å²) in [4.78, 5) is 24.3. The minimum absolute atomic E-state index is 0.00419. The smallest absolute Gasteiger partial charge is 0.277 e. The highest BCUT2D eigenvalue weighted by Crippen LogP contribution is 2.22. The lowest BCUT2D eigenvalue weighted by Gasteiger charge is -2.12. The molecule has 1 aromatic carbocycles. The maximum absolute atomic E-state index is 12.4. The molecule has 1 aliphatic heterocycles. The Hall–Kier alpha value is -1.69. The van der Waals surface area contributed by atoms with Gasteiger partial charge in [0.25, 0.3) is 20.2 Å². The fourth-order valence-electron chi connectivity index (χ4n) is 2.44. The number of rotatable bonds is 7. The van der Waals surface area contributed by atoms with E-state index in [4.69, 9.17) is 4.55 Å². The van der Waals surface area contributed by atoms with Gasteiger partial charge in [-0.1, -0.05) is 24.3 Å². The minimum Gasteiger partial charge on any atom is -0.293 e. The number of halogens is 1. The van der Waals surface area contributed by atoms with E-state index in [0.717, 1.165) is 12.1 Å². The zero-order valence-electron chi connectivity index (χ0n) is 12.8. The quantitative estimate of drug-likeness (QED) is 0.408. The second-order valence-electron chi connectivity index (χ2n) is 5.38. The Morgan fingerprint density at radius 3 is 2.24 bits per heavy atom. The molecule has 0 saturated carbocycles. The van der Waals surface area contributed by atoms with Gasteiger partial charge in [-0.2, -0.15) is 16.8 Å². The van der Waals surface area contributed by atoms with E-state index in [-0.39, 0.29) is 24.2 Å². The topological polar surface area (TPSA) is 132 Å². The molecule has 0 amide bonds.